The summed E-state index contributed by atoms with van der Waals surface area (Å²) >= 11 is 5.20. The lowest BCUT2D eigenvalue weighted by atomic mass is 10.2. The Hall–Kier alpha value is -0.780. The van der Waals surface area contributed by atoms with Crippen molar-refractivity contribution < 1.29 is 0 Å². The topological polar surface area (TPSA) is 37.8 Å². The number of hydrogen-bond donors (Lipinski definition) is 1. The number of halogens is 1. The molecule has 0 bridgehead atoms. The van der Waals surface area contributed by atoms with Crippen LogP contribution in [0.2, 0.25) is 0 Å². The summed E-state index contributed by atoms with van der Waals surface area (Å²) in [6.45, 7) is 2.95. The molecule has 0 fully saturated rings. The Balaban J connectivity index is 1.91. The van der Waals surface area contributed by atoms with E-state index in [-0.39, 0.29) is 6.04 Å². The normalized spacial score (nSPS) is 12.6. The summed E-state index contributed by atoms with van der Waals surface area (Å²) in [7, 11) is 0. The lowest BCUT2D eigenvalue weighted by Crippen LogP contribution is -2.18. The van der Waals surface area contributed by atoms with Crippen molar-refractivity contribution in [2.45, 2.75) is 19.5 Å². The van der Waals surface area contributed by atoms with Gasteiger partial charge in [-0.1, -0.05) is 0 Å². The van der Waals surface area contributed by atoms with Gasteiger partial charge in [0.25, 0.3) is 0 Å². The molecule has 1 N–H and O–H groups in total. The first-order chi connectivity index (χ1) is 7.75. The van der Waals surface area contributed by atoms with Crippen LogP contribution < -0.4 is 5.32 Å². The van der Waals surface area contributed by atoms with Gasteiger partial charge in [-0.15, -0.1) is 11.3 Å². The van der Waals surface area contributed by atoms with E-state index >= 15 is 0 Å². The van der Waals surface area contributed by atoms with Gasteiger partial charge in [-0.25, -0.2) is 0 Å². The molecule has 16 heavy (non-hydrogen) atoms. The quantitative estimate of drug-likeness (QED) is 0.942. The fourth-order valence-corrected chi connectivity index (χ4v) is 2.77. The molecule has 0 radical (unpaired) electrons. The Bertz CT molecular complexity index is 444. The summed E-state index contributed by atoms with van der Waals surface area (Å²) in [4.78, 5) is 9.63. The monoisotopic (exact) mass is 297 g/mol. The van der Waals surface area contributed by atoms with Crippen LogP contribution in [0.25, 0.3) is 0 Å². The largest absolute Gasteiger partial charge is 0.304 e. The zero-order chi connectivity index (χ0) is 11.4. The van der Waals surface area contributed by atoms with Crippen molar-refractivity contribution in [1.29, 1.82) is 0 Å². The van der Waals surface area contributed by atoms with Gasteiger partial charge < -0.3 is 5.32 Å². The molecular formula is C11H12BrN3S. The molecule has 2 rings (SSSR count). The van der Waals surface area contributed by atoms with E-state index in [1.54, 1.807) is 29.9 Å². The number of thiophene rings is 1. The zero-order valence-corrected chi connectivity index (χ0v) is 11.3. The molecule has 0 saturated heterocycles. The molecule has 0 spiro atoms. The molecule has 0 aliphatic rings. The Morgan fingerprint density at radius 2 is 2.31 bits per heavy atom. The van der Waals surface area contributed by atoms with Gasteiger partial charge in [0.15, 0.2) is 0 Å². The number of aromatic nitrogens is 2. The molecule has 2 heterocycles. The molecule has 1 unspecified atom stereocenters. The molecule has 2 aromatic heterocycles. The number of hydrogen-bond acceptors (Lipinski definition) is 4. The summed E-state index contributed by atoms with van der Waals surface area (Å²) in [6.07, 6.45) is 5.20. The predicted molar refractivity (Wildman–Crippen MR) is 69.3 cm³/mol. The van der Waals surface area contributed by atoms with Crippen molar-refractivity contribution in [3.63, 3.8) is 0 Å². The summed E-state index contributed by atoms with van der Waals surface area (Å²) in [6, 6.07) is 4.40. The average molecular weight is 298 g/mol. The third-order valence-corrected chi connectivity index (χ3v) is 3.86. The minimum Gasteiger partial charge on any atom is -0.304 e. The van der Waals surface area contributed by atoms with Gasteiger partial charge in [-0.05, 0) is 35.0 Å². The number of rotatable bonds is 4. The molecule has 2 aromatic rings. The highest BCUT2D eigenvalue weighted by Gasteiger charge is 2.06. The minimum absolute atomic E-state index is 0.217. The van der Waals surface area contributed by atoms with Crippen molar-refractivity contribution in [2.75, 3.05) is 0 Å². The maximum absolute atomic E-state index is 4.27. The second-order valence-corrected chi connectivity index (χ2v) is 5.99. The SMILES string of the molecule is CC(NCc1ccc(Br)s1)c1cnccn1. The van der Waals surface area contributed by atoms with E-state index in [4.69, 9.17) is 0 Å². The van der Waals surface area contributed by atoms with Crippen LogP contribution in [0.1, 0.15) is 23.5 Å². The van der Waals surface area contributed by atoms with Crippen LogP contribution in [0.5, 0.6) is 0 Å². The Kier molecular flexibility index (Phi) is 4.04. The van der Waals surface area contributed by atoms with Gasteiger partial charge in [0.2, 0.25) is 0 Å². The van der Waals surface area contributed by atoms with Crippen LogP contribution in [0.15, 0.2) is 34.5 Å². The van der Waals surface area contributed by atoms with Gasteiger partial charge in [0.1, 0.15) is 0 Å². The highest BCUT2D eigenvalue weighted by atomic mass is 79.9. The number of nitrogens with zero attached hydrogens (tertiary/aromatic N) is 2. The smallest absolute Gasteiger partial charge is 0.0753 e. The summed E-state index contributed by atoms with van der Waals surface area (Å²) in [5, 5.41) is 3.42. The van der Waals surface area contributed by atoms with Crippen LogP contribution in [0.4, 0.5) is 0 Å². The Morgan fingerprint density at radius 1 is 1.44 bits per heavy atom. The van der Waals surface area contributed by atoms with E-state index in [1.807, 2.05) is 0 Å². The van der Waals surface area contributed by atoms with Gasteiger partial charge in [-0.3, -0.25) is 9.97 Å². The van der Waals surface area contributed by atoms with Crippen molar-refractivity contribution in [1.82, 2.24) is 15.3 Å². The lowest BCUT2D eigenvalue weighted by molar-refractivity contribution is 0.563. The van der Waals surface area contributed by atoms with Gasteiger partial charge in [0.05, 0.1) is 9.48 Å². The molecule has 0 saturated carbocycles. The molecule has 0 aromatic carbocycles. The molecule has 0 amide bonds. The van der Waals surface area contributed by atoms with Gasteiger partial charge in [0, 0.05) is 36.1 Å². The molecule has 0 aliphatic carbocycles. The molecule has 3 nitrogen and oxygen atoms in total. The van der Waals surface area contributed by atoms with Crippen molar-refractivity contribution in [2.24, 2.45) is 0 Å². The van der Waals surface area contributed by atoms with E-state index in [9.17, 15) is 0 Å². The van der Waals surface area contributed by atoms with Crippen LogP contribution in [0, 0.1) is 0 Å². The molecule has 84 valence electrons. The summed E-state index contributed by atoms with van der Waals surface area (Å²) in [5.74, 6) is 0. The first-order valence-electron chi connectivity index (χ1n) is 4.99. The summed E-state index contributed by atoms with van der Waals surface area (Å²) in [5.41, 5.74) is 0.970. The van der Waals surface area contributed by atoms with E-state index < -0.39 is 0 Å². The van der Waals surface area contributed by atoms with E-state index in [0.717, 1.165) is 16.0 Å². The minimum atomic E-state index is 0.217. The number of nitrogens with one attached hydrogen (secondary N) is 1. The second-order valence-electron chi connectivity index (χ2n) is 3.44. The lowest BCUT2D eigenvalue weighted by Gasteiger charge is -2.11. The van der Waals surface area contributed by atoms with Gasteiger partial charge in [-0.2, -0.15) is 0 Å². The maximum Gasteiger partial charge on any atom is 0.0753 e. The molecular weight excluding hydrogens is 286 g/mol. The highest BCUT2D eigenvalue weighted by Crippen LogP contribution is 2.22. The first-order valence-corrected chi connectivity index (χ1v) is 6.60. The third kappa shape index (κ3) is 3.10. The van der Waals surface area contributed by atoms with Gasteiger partial charge >= 0.3 is 0 Å². The second kappa shape index (κ2) is 5.52. The maximum atomic E-state index is 4.27. The Morgan fingerprint density at radius 3 is 2.94 bits per heavy atom. The zero-order valence-electron chi connectivity index (χ0n) is 8.85. The fourth-order valence-electron chi connectivity index (χ4n) is 1.34. The third-order valence-electron chi connectivity index (χ3n) is 2.24. The predicted octanol–water partition coefficient (Wildman–Crippen LogP) is 3.15. The van der Waals surface area contributed by atoms with Crippen molar-refractivity contribution >= 4 is 27.3 Å². The van der Waals surface area contributed by atoms with E-state index in [1.165, 1.54) is 4.88 Å². The average Bonchev–Trinajstić information content (AvgIpc) is 2.73. The van der Waals surface area contributed by atoms with Crippen LogP contribution in [0.3, 0.4) is 0 Å². The Labute approximate surface area is 107 Å². The molecule has 5 heteroatoms. The standard InChI is InChI=1S/C11H12BrN3S/c1-8(10-7-13-4-5-14-10)15-6-9-2-3-11(12)16-9/h2-5,7-8,15H,6H2,1H3. The van der Waals surface area contributed by atoms with E-state index in [2.05, 4.69) is 50.3 Å². The summed E-state index contributed by atoms with van der Waals surface area (Å²) < 4.78 is 1.16. The van der Waals surface area contributed by atoms with E-state index in [0.29, 0.717) is 0 Å². The molecule has 1 atom stereocenters. The highest BCUT2D eigenvalue weighted by molar-refractivity contribution is 9.11. The van der Waals surface area contributed by atoms with Crippen molar-refractivity contribution in [3.05, 3.63) is 45.1 Å². The van der Waals surface area contributed by atoms with Crippen molar-refractivity contribution in [3.8, 4) is 0 Å². The fraction of sp³-hybridized carbons (Fsp3) is 0.273. The van der Waals surface area contributed by atoms with Crippen LogP contribution in [-0.4, -0.2) is 9.97 Å². The van der Waals surface area contributed by atoms with Crippen LogP contribution >= 0.6 is 27.3 Å². The van der Waals surface area contributed by atoms with Crippen LogP contribution in [-0.2, 0) is 6.54 Å². The first kappa shape index (κ1) is 11.7. The molecule has 0 aliphatic heterocycles.